The number of benzene rings is 9. The molecule has 0 fully saturated rings. The van der Waals surface area contributed by atoms with Crippen LogP contribution in [0.3, 0.4) is 0 Å². The fourth-order valence-corrected chi connectivity index (χ4v) is 10.6. The third-order valence-corrected chi connectivity index (χ3v) is 13.3. The van der Waals surface area contributed by atoms with Gasteiger partial charge in [-0.05, 0) is 119 Å². The maximum atomic E-state index is 2.42. The van der Waals surface area contributed by atoms with Gasteiger partial charge in [-0.15, -0.1) is 0 Å². The minimum atomic E-state index is -0.00832. The molecule has 2 heteroatoms. The molecular formula is C53H37NS. The molecule has 0 saturated carbocycles. The molecule has 1 heterocycles. The predicted octanol–water partition coefficient (Wildman–Crippen LogP) is 13.3. The summed E-state index contributed by atoms with van der Waals surface area (Å²) in [4.78, 5) is 5.23. The number of hydrogen-bond donors (Lipinski definition) is 0. The second-order valence-electron chi connectivity index (χ2n) is 15.1. The van der Waals surface area contributed by atoms with Crippen molar-refractivity contribution in [2.75, 3.05) is 4.90 Å². The van der Waals surface area contributed by atoms with Gasteiger partial charge >= 0.3 is 0 Å². The van der Waals surface area contributed by atoms with Gasteiger partial charge in [-0.2, -0.15) is 0 Å². The van der Waals surface area contributed by atoms with E-state index in [4.69, 9.17) is 0 Å². The van der Waals surface area contributed by atoms with Gasteiger partial charge in [-0.1, -0.05) is 170 Å². The van der Waals surface area contributed by atoms with Crippen LogP contribution in [-0.4, -0.2) is 0 Å². The van der Waals surface area contributed by atoms with Crippen LogP contribution in [0.5, 0.6) is 0 Å². The lowest BCUT2D eigenvalue weighted by Gasteiger charge is -2.29. The molecule has 0 amide bonds. The fourth-order valence-electron chi connectivity index (χ4n) is 9.07. The van der Waals surface area contributed by atoms with Gasteiger partial charge in [-0.3, -0.25) is 0 Å². The number of nitrogens with zero attached hydrogens (tertiary/aromatic N) is 1. The van der Waals surface area contributed by atoms with E-state index in [2.05, 4.69) is 206 Å². The van der Waals surface area contributed by atoms with Gasteiger partial charge in [0, 0.05) is 32.3 Å². The van der Waals surface area contributed by atoms with Gasteiger partial charge in [0.25, 0.3) is 0 Å². The zero-order valence-corrected chi connectivity index (χ0v) is 31.4. The van der Waals surface area contributed by atoms with E-state index in [0.29, 0.717) is 0 Å². The summed E-state index contributed by atoms with van der Waals surface area (Å²) in [6.07, 6.45) is 3.44. The van der Waals surface area contributed by atoms with Crippen molar-refractivity contribution in [3.8, 4) is 22.3 Å². The highest BCUT2D eigenvalue weighted by atomic mass is 32.2. The molecule has 0 bridgehead atoms. The minimum absolute atomic E-state index is 0.00832. The third-order valence-electron chi connectivity index (χ3n) is 11.9. The first-order valence-electron chi connectivity index (χ1n) is 19.1. The molecule has 0 aromatic heterocycles. The van der Waals surface area contributed by atoms with Crippen molar-refractivity contribution in [2.24, 2.45) is 0 Å². The molecule has 11 rings (SSSR count). The second kappa shape index (κ2) is 12.6. The summed E-state index contributed by atoms with van der Waals surface area (Å²) in [6.45, 7) is 2.42. The number of fused-ring (bicyclic) bond motifs is 9. The fraction of sp³-hybridized carbons (Fsp3) is 0.0566. The molecular weight excluding hydrogens is 683 g/mol. The summed E-state index contributed by atoms with van der Waals surface area (Å²) in [5, 5.41) is 10.4. The summed E-state index contributed by atoms with van der Waals surface area (Å²) >= 11 is 1.96. The van der Waals surface area contributed by atoms with E-state index >= 15 is 0 Å². The Morgan fingerprint density at radius 1 is 0.491 bits per heavy atom. The lowest BCUT2D eigenvalue weighted by atomic mass is 9.76. The number of thioether (sulfide) groups is 1. The molecule has 1 unspecified atom stereocenters. The summed E-state index contributed by atoms with van der Waals surface area (Å²) in [6, 6.07) is 69.4. The van der Waals surface area contributed by atoms with Crippen molar-refractivity contribution in [1.82, 2.24) is 0 Å². The van der Waals surface area contributed by atoms with Crippen molar-refractivity contribution in [2.45, 2.75) is 23.7 Å². The molecule has 2 aliphatic rings. The van der Waals surface area contributed by atoms with Crippen LogP contribution >= 0.6 is 11.8 Å². The van der Waals surface area contributed by atoms with E-state index in [0.717, 1.165) is 23.5 Å². The van der Waals surface area contributed by atoms with Crippen molar-refractivity contribution in [3.63, 3.8) is 0 Å². The maximum Gasteiger partial charge on any atom is 0.0473 e. The largest absolute Gasteiger partial charge is 0.310 e. The highest BCUT2D eigenvalue weighted by Gasteiger charge is 2.41. The molecule has 1 atom stereocenters. The SMILES string of the molecule is CC12CC=c3ccccc3=C1Sc1cc(N(c3ccc(-c4ccccc4)cc3)c3ccc(-c4cc5ccc6ccccc6c5c5ccccc45)cc3)ccc12. The Kier molecular flexibility index (Phi) is 7.37. The Hall–Kier alpha value is -6.35. The van der Waals surface area contributed by atoms with Crippen LogP contribution in [0.15, 0.2) is 193 Å². The van der Waals surface area contributed by atoms with E-state index in [9.17, 15) is 0 Å². The normalized spacial score (nSPS) is 15.8. The Bertz CT molecular complexity index is 3090. The first kappa shape index (κ1) is 32.1. The second-order valence-corrected chi connectivity index (χ2v) is 16.1. The highest BCUT2D eigenvalue weighted by molar-refractivity contribution is 8.08. The molecule has 9 aromatic rings. The Labute approximate surface area is 325 Å². The van der Waals surface area contributed by atoms with E-state index in [1.807, 2.05) is 11.8 Å². The van der Waals surface area contributed by atoms with Crippen molar-refractivity contribution in [3.05, 3.63) is 204 Å². The molecule has 1 aliphatic heterocycles. The van der Waals surface area contributed by atoms with E-state index in [1.54, 1.807) is 0 Å². The number of rotatable bonds is 5. The summed E-state index contributed by atoms with van der Waals surface area (Å²) in [7, 11) is 0. The molecule has 260 valence electrons. The van der Waals surface area contributed by atoms with Crippen LogP contribution in [0.2, 0.25) is 0 Å². The topological polar surface area (TPSA) is 3.24 Å². The van der Waals surface area contributed by atoms with Crippen LogP contribution in [0, 0.1) is 0 Å². The van der Waals surface area contributed by atoms with Gasteiger partial charge in [0.15, 0.2) is 0 Å². The number of anilines is 3. The molecule has 0 spiro atoms. The van der Waals surface area contributed by atoms with E-state index < -0.39 is 0 Å². The summed E-state index contributed by atoms with van der Waals surface area (Å²) in [5.41, 5.74) is 9.74. The molecule has 55 heavy (non-hydrogen) atoms. The smallest absolute Gasteiger partial charge is 0.0473 e. The average Bonchev–Trinajstić information content (AvgIpc) is 3.56. The molecule has 1 aliphatic carbocycles. The van der Waals surface area contributed by atoms with Gasteiger partial charge in [0.2, 0.25) is 0 Å². The quantitative estimate of drug-likeness (QED) is 0.163. The monoisotopic (exact) mass is 719 g/mol. The first-order chi connectivity index (χ1) is 27.1. The average molecular weight is 720 g/mol. The van der Waals surface area contributed by atoms with Crippen molar-refractivity contribution in [1.29, 1.82) is 0 Å². The van der Waals surface area contributed by atoms with E-state index in [1.165, 1.54) is 80.4 Å². The Morgan fingerprint density at radius 3 is 1.91 bits per heavy atom. The molecule has 9 aromatic carbocycles. The van der Waals surface area contributed by atoms with Crippen LogP contribution in [0.25, 0.3) is 65.6 Å². The summed E-state index contributed by atoms with van der Waals surface area (Å²) < 4.78 is 0. The van der Waals surface area contributed by atoms with Gasteiger partial charge in [0.1, 0.15) is 0 Å². The van der Waals surface area contributed by atoms with Crippen molar-refractivity contribution < 1.29 is 0 Å². The lowest BCUT2D eigenvalue weighted by Crippen LogP contribution is -2.36. The Morgan fingerprint density at radius 2 is 1.11 bits per heavy atom. The zero-order chi connectivity index (χ0) is 36.5. The molecule has 0 saturated heterocycles. The van der Waals surface area contributed by atoms with Crippen LogP contribution < -0.4 is 15.3 Å². The number of hydrogen-bond acceptors (Lipinski definition) is 2. The van der Waals surface area contributed by atoms with Gasteiger partial charge < -0.3 is 4.90 Å². The first-order valence-corrected chi connectivity index (χ1v) is 20.0. The van der Waals surface area contributed by atoms with Gasteiger partial charge in [0.05, 0.1) is 0 Å². The highest BCUT2D eigenvalue weighted by Crippen LogP contribution is 2.56. The Balaban J connectivity index is 1.04. The predicted molar refractivity (Wildman–Crippen MR) is 236 cm³/mol. The standard InChI is InChI=1S/C53H37NS/c1-53-32-31-38-14-6-8-16-45(38)52(53)55-50-34-43(29-30-49(50)53)54(41-25-21-36(22-26-41)35-11-3-2-4-12-35)42-27-23-39(24-28-42)48-33-40-20-19-37-13-5-7-15-44(37)51(40)47-18-10-9-17-46(47)48/h2-31,33-34H,32H2,1H3. The van der Waals surface area contributed by atoms with Crippen LogP contribution in [-0.2, 0) is 5.41 Å². The van der Waals surface area contributed by atoms with Crippen LogP contribution in [0.4, 0.5) is 17.1 Å². The third kappa shape index (κ3) is 5.17. The molecule has 1 nitrogen and oxygen atoms in total. The maximum absolute atomic E-state index is 2.42. The minimum Gasteiger partial charge on any atom is -0.310 e. The zero-order valence-electron chi connectivity index (χ0n) is 30.5. The molecule has 0 N–H and O–H groups in total. The van der Waals surface area contributed by atoms with Crippen molar-refractivity contribution >= 4 is 72.1 Å². The van der Waals surface area contributed by atoms with E-state index in [-0.39, 0.29) is 5.41 Å². The summed E-state index contributed by atoms with van der Waals surface area (Å²) in [5.74, 6) is 0. The van der Waals surface area contributed by atoms with Crippen LogP contribution in [0.1, 0.15) is 18.9 Å². The molecule has 0 radical (unpaired) electrons. The lowest BCUT2D eigenvalue weighted by molar-refractivity contribution is 0.643. The van der Waals surface area contributed by atoms with Gasteiger partial charge in [-0.25, -0.2) is 0 Å².